The van der Waals surface area contributed by atoms with Gasteiger partial charge in [0, 0.05) is 11.1 Å². The number of hydrogen-bond donors (Lipinski definition) is 1. The predicted molar refractivity (Wildman–Crippen MR) is 64.0 cm³/mol. The zero-order valence-corrected chi connectivity index (χ0v) is 10.0. The van der Waals surface area contributed by atoms with Gasteiger partial charge in [-0.1, -0.05) is 25.1 Å². The van der Waals surface area contributed by atoms with Gasteiger partial charge in [0.2, 0.25) is 5.91 Å². The molecule has 1 N–H and O–H groups in total. The van der Waals surface area contributed by atoms with E-state index < -0.39 is 5.60 Å². The Morgan fingerprint density at radius 1 is 1.33 bits per heavy atom. The summed E-state index contributed by atoms with van der Waals surface area (Å²) in [5, 5.41) is 2.92. The minimum Gasteiger partial charge on any atom is -0.457 e. The summed E-state index contributed by atoms with van der Waals surface area (Å²) in [6.07, 6.45) is 1.13. The fraction of sp³-hybridized carbons (Fsp3) is 0.429. The first-order valence-corrected chi connectivity index (χ1v) is 6.17. The Morgan fingerprint density at radius 2 is 2.06 bits per heavy atom. The molecule has 1 spiro atoms. The monoisotopic (exact) mass is 243 g/mol. The maximum Gasteiger partial charge on any atom is 0.310 e. The van der Waals surface area contributed by atoms with Gasteiger partial charge < -0.3 is 10.1 Å². The van der Waals surface area contributed by atoms with E-state index in [0.29, 0.717) is 6.42 Å². The third kappa shape index (κ3) is 0.937. The summed E-state index contributed by atoms with van der Waals surface area (Å²) in [7, 11) is 0. The molecule has 1 amide bonds. The zero-order chi connectivity index (χ0) is 12.5. The molecule has 4 rings (SSSR count). The molecule has 4 heteroatoms. The second-order valence-electron chi connectivity index (χ2n) is 5.78. The largest absolute Gasteiger partial charge is 0.457 e. The van der Waals surface area contributed by atoms with Gasteiger partial charge >= 0.3 is 5.97 Å². The number of amides is 1. The quantitative estimate of drug-likeness (QED) is 0.704. The first-order chi connectivity index (χ1) is 8.55. The second-order valence-corrected chi connectivity index (χ2v) is 5.78. The van der Waals surface area contributed by atoms with Crippen LogP contribution in [0, 0.1) is 5.92 Å². The van der Waals surface area contributed by atoms with Crippen molar-refractivity contribution in [3.63, 3.8) is 0 Å². The van der Waals surface area contributed by atoms with Crippen molar-refractivity contribution in [3.8, 4) is 0 Å². The van der Waals surface area contributed by atoms with E-state index in [1.165, 1.54) is 0 Å². The van der Waals surface area contributed by atoms with Crippen LogP contribution in [0.3, 0.4) is 0 Å². The SMILES string of the molecule is C[C@]12C[C@@]3(CC(=O)O3)[C@H]1C(=O)Nc1ccccc12. The van der Waals surface area contributed by atoms with Crippen molar-refractivity contribution < 1.29 is 14.3 Å². The average molecular weight is 243 g/mol. The topological polar surface area (TPSA) is 55.4 Å². The molecule has 18 heavy (non-hydrogen) atoms. The van der Waals surface area contributed by atoms with Gasteiger partial charge in [0.15, 0.2) is 0 Å². The van der Waals surface area contributed by atoms with E-state index in [1.54, 1.807) is 0 Å². The summed E-state index contributed by atoms with van der Waals surface area (Å²) in [4.78, 5) is 23.3. The van der Waals surface area contributed by atoms with E-state index in [-0.39, 0.29) is 23.2 Å². The van der Waals surface area contributed by atoms with Crippen molar-refractivity contribution in [1.29, 1.82) is 0 Å². The number of para-hydroxylation sites is 1. The number of carbonyl (C=O) groups is 2. The Kier molecular flexibility index (Phi) is 1.55. The number of fused-ring (bicyclic) bond motifs is 4. The van der Waals surface area contributed by atoms with Crippen LogP contribution >= 0.6 is 0 Å². The fourth-order valence-electron chi connectivity index (χ4n) is 4.07. The second kappa shape index (κ2) is 2.76. The van der Waals surface area contributed by atoms with E-state index in [1.807, 2.05) is 18.2 Å². The van der Waals surface area contributed by atoms with Gasteiger partial charge in [-0.3, -0.25) is 9.59 Å². The summed E-state index contributed by atoms with van der Waals surface area (Å²) in [6, 6.07) is 7.87. The van der Waals surface area contributed by atoms with Crippen molar-refractivity contribution in [2.24, 2.45) is 5.92 Å². The minimum absolute atomic E-state index is 0.0186. The molecule has 0 bridgehead atoms. The molecule has 3 atom stereocenters. The number of benzene rings is 1. The maximum absolute atomic E-state index is 12.2. The lowest BCUT2D eigenvalue weighted by Gasteiger charge is -2.64. The normalized spacial score (nSPS) is 39.9. The van der Waals surface area contributed by atoms with Crippen LogP contribution in [0.5, 0.6) is 0 Å². The Hall–Kier alpha value is -1.84. The van der Waals surface area contributed by atoms with Crippen LogP contribution < -0.4 is 5.32 Å². The van der Waals surface area contributed by atoms with Gasteiger partial charge in [-0.25, -0.2) is 0 Å². The lowest BCUT2D eigenvalue weighted by atomic mass is 9.45. The highest BCUT2D eigenvalue weighted by Gasteiger charge is 2.73. The van der Waals surface area contributed by atoms with Crippen LogP contribution in [-0.4, -0.2) is 17.5 Å². The highest BCUT2D eigenvalue weighted by Crippen LogP contribution is 2.64. The highest BCUT2D eigenvalue weighted by atomic mass is 16.6. The third-order valence-electron chi connectivity index (χ3n) is 4.65. The number of carbonyl (C=O) groups excluding carboxylic acids is 2. The van der Waals surface area contributed by atoms with Crippen molar-refractivity contribution >= 4 is 17.6 Å². The Bertz CT molecular complexity index is 586. The number of anilines is 1. The molecule has 1 aliphatic carbocycles. The van der Waals surface area contributed by atoms with Gasteiger partial charge in [-0.2, -0.15) is 0 Å². The summed E-state index contributed by atoms with van der Waals surface area (Å²) >= 11 is 0. The van der Waals surface area contributed by atoms with Gasteiger partial charge in [-0.15, -0.1) is 0 Å². The Morgan fingerprint density at radius 3 is 2.78 bits per heavy atom. The fourth-order valence-corrected chi connectivity index (χ4v) is 4.07. The molecular formula is C14H13NO3. The Labute approximate surface area is 104 Å². The van der Waals surface area contributed by atoms with E-state index in [9.17, 15) is 9.59 Å². The summed E-state index contributed by atoms with van der Waals surface area (Å²) in [5.74, 6) is -0.448. The molecule has 1 aromatic rings. The van der Waals surface area contributed by atoms with Crippen LogP contribution in [0.2, 0.25) is 0 Å². The van der Waals surface area contributed by atoms with Crippen LogP contribution in [0.1, 0.15) is 25.3 Å². The molecule has 2 heterocycles. The molecule has 0 unspecified atom stereocenters. The van der Waals surface area contributed by atoms with E-state index in [0.717, 1.165) is 17.7 Å². The molecule has 4 nitrogen and oxygen atoms in total. The van der Waals surface area contributed by atoms with Crippen molar-refractivity contribution in [1.82, 2.24) is 0 Å². The number of nitrogens with one attached hydrogen (secondary N) is 1. The zero-order valence-electron chi connectivity index (χ0n) is 10.0. The average Bonchev–Trinajstić information content (AvgIpc) is 2.25. The van der Waals surface area contributed by atoms with Gasteiger partial charge in [-0.05, 0) is 18.1 Å². The smallest absolute Gasteiger partial charge is 0.310 e. The lowest BCUT2D eigenvalue weighted by molar-refractivity contribution is -0.242. The van der Waals surface area contributed by atoms with Gasteiger partial charge in [0.25, 0.3) is 0 Å². The van der Waals surface area contributed by atoms with Gasteiger partial charge in [0.05, 0.1) is 12.3 Å². The molecule has 1 aromatic carbocycles. The maximum atomic E-state index is 12.2. The number of rotatable bonds is 0. The molecular weight excluding hydrogens is 230 g/mol. The molecule has 92 valence electrons. The van der Waals surface area contributed by atoms with Crippen LogP contribution in [0.4, 0.5) is 5.69 Å². The molecule has 2 fully saturated rings. The molecule has 1 saturated carbocycles. The lowest BCUT2D eigenvalue weighted by Crippen LogP contribution is -2.74. The highest BCUT2D eigenvalue weighted by molar-refractivity contribution is 6.01. The van der Waals surface area contributed by atoms with E-state index in [4.69, 9.17) is 4.74 Å². The van der Waals surface area contributed by atoms with Crippen LogP contribution in [0.25, 0.3) is 0 Å². The molecule has 2 aliphatic heterocycles. The van der Waals surface area contributed by atoms with Crippen molar-refractivity contribution in [2.75, 3.05) is 5.32 Å². The summed E-state index contributed by atoms with van der Waals surface area (Å²) in [5.41, 5.74) is 1.33. The number of hydrogen-bond acceptors (Lipinski definition) is 3. The molecule has 0 radical (unpaired) electrons. The van der Waals surface area contributed by atoms with Gasteiger partial charge in [0.1, 0.15) is 5.60 Å². The van der Waals surface area contributed by atoms with E-state index in [2.05, 4.69) is 18.3 Å². The van der Waals surface area contributed by atoms with E-state index >= 15 is 0 Å². The number of ether oxygens (including phenoxy) is 1. The summed E-state index contributed by atoms with van der Waals surface area (Å²) in [6.45, 7) is 2.09. The standard InChI is InChI=1S/C14H13NO3/c1-13-7-14(6-10(16)18-14)11(13)12(17)15-9-5-3-2-4-8(9)13/h2-5,11H,6-7H2,1H3,(H,15,17)/t11-,13+,14-/m0/s1. The first kappa shape index (κ1) is 10.1. The number of esters is 1. The van der Waals surface area contributed by atoms with Crippen molar-refractivity contribution in [3.05, 3.63) is 29.8 Å². The minimum atomic E-state index is -0.524. The van der Waals surface area contributed by atoms with Crippen LogP contribution in [-0.2, 0) is 19.7 Å². The molecule has 1 saturated heterocycles. The predicted octanol–water partition coefficient (Wildman–Crippen LogP) is 1.60. The molecule has 3 aliphatic rings. The summed E-state index contributed by atoms with van der Waals surface area (Å²) < 4.78 is 5.28. The Balaban J connectivity index is 1.81. The van der Waals surface area contributed by atoms with Crippen molar-refractivity contribution in [2.45, 2.75) is 30.8 Å². The first-order valence-electron chi connectivity index (χ1n) is 6.17. The van der Waals surface area contributed by atoms with Crippen LogP contribution in [0.15, 0.2) is 24.3 Å². The third-order valence-corrected chi connectivity index (χ3v) is 4.65. The molecule has 0 aromatic heterocycles.